The predicted octanol–water partition coefficient (Wildman–Crippen LogP) is 0.805. The van der Waals surface area contributed by atoms with E-state index >= 15 is 0 Å². The van der Waals surface area contributed by atoms with E-state index in [1.165, 1.54) is 0 Å². The molecule has 1 aliphatic heterocycles. The summed E-state index contributed by atoms with van der Waals surface area (Å²) >= 11 is 0. The minimum Gasteiger partial charge on any atom is -0.469 e. The van der Waals surface area contributed by atoms with Crippen molar-refractivity contribution < 1.29 is 14.3 Å². The van der Waals surface area contributed by atoms with Crippen LogP contribution in [0.3, 0.4) is 0 Å². The Bertz CT molecular complexity index is 335. The highest BCUT2D eigenvalue weighted by molar-refractivity contribution is 5.77. The van der Waals surface area contributed by atoms with Gasteiger partial charge in [-0.05, 0) is 19.1 Å². The molecule has 0 aromatic carbocycles. The Kier molecular flexibility index (Phi) is 2.52. The summed E-state index contributed by atoms with van der Waals surface area (Å²) in [5, 5.41) is 9.47. The first-order chi connectivity index (χ1) is 7.07. The fourth-order valence-electron chi connectivity index (χ4n) is 1.80. The average Bonchev–Trinajstić information content (AvgIpc) is 2.62. The maximum atomic E-state index is 11.6. The second-order valence-corrected chi connectivity index (χ2v) is 4.33. The number of hydrogen-bond donors (Lipinski definition) is 1. The summed E-state index contributed by atoms with van der Waals surface area (Å²) in [5.41, 5.74) is -0.680. The summed E-state index contributed by atoms with van der Waals surface area (Å²) in [6.07, 6.45) is 2.68. The Labute approximate surface area is 88.5 Å². The van der Waals surface area contributed by atoms with E-state index in [2.05, 4.69) is 0 Å². The molecule has 0 atom stereocenters. The first-order valence-corrected chi connectivity index (χ1v) is 5.09. The van der Waals surface area contributed by atoms with Crippen LogP contribution in [0.25, 0.3) is 0 Å². The van der Waals surface area contributed by atoms with Crippen molar-refractivity contribution in [3.8, 4) is 0 Å². The van der Waals surface area contributed by atoms with Crippen molar-refractivity contribution in [2.24, 2.45) is 0 Å². The Morgan fingerprint density at radius 2 is 2.40 bits per heavy atom. The number of rotatable bonds is 3. The topological polar surface area (TPSA) is 53.7 Å². The first kappa shape index (κ1) is 10.2. The Morgan fingerprint density at radius 1 is 1.67 bits per heavy atom. The normalized spacial score (nSPS) is 18.7. The second kappa shape index (κ2) is 3.70. The molecule has 1 amide bonds. The van der Waals surface area contributed by atoms with Crippen molar-refractivity contribution in [2.45, 2.75) is 25.4 Å². The molecule has 15 heavy (non-hydrogen) atoms. The van der Waals surface area contributed by atoms with E-state index in [4.69, 9.17) is 4.42 Å². The zero-order valence-corrected chi connectivity index (χ0v) is 8.77. The molecule has 1 saturated heterocycles. The van der Waals surface area contributed by atoms with Gasteiger partial charge in [0.2, 0.25) is 5.91 Å². The molecular formula is C11H15NO3. The lowest BCUT2D eigenvalue weighted by atomic mass is 9.96. The number of hydrogen-bond acceptors (Lipinski definition) is 3. The fourth-order valence-corrected chi connectivity index (χ4v) is 1.80. The van der Waals surface area contributed by atoms with Gasteiger partial charge in [-0.2, -0.15) is 0 Å². The van der Waals surface area contributed by atoms with Crippen molar-refractivity contribution in [2.75, 3.05) is 13.1 Å². The third-order valence-corrected chi connectivity index (χ3v) is 2.58. The van der Waals surface area contributed by atoms with Crippen LogP contribution in [0.1, 0.15) is 19.1 Å². The van der Waals surface area contributed by atoms with Crippen molar-refractivity contribution >= 4 is 5.91 Å². The largest absolute Gasteiger partial charge is 0.469 e. The minimum absolute atomic E-state index is 0.0814. The third-order valence-electron chi connectivity index (χ3n) is 2.58. The van der Waals surface area contributed by atoms with Crippen LogP contribution >= 0.6 is 0 Å². The number of furan rings is 1. The third kappa shape index (κ3) is 2.39. The van der Waals surface area contributed by atoms with Crippen LogP contribution in [0.15, 0.2) is 22.8 Å². The molecule has 1 N–H and O–H groups in total. The van der Waals surface area contributed by atoms with Crippen LogP contribution in [0.4, 0.5) is 0 Å². The van der Waals surface area contributed by atoms with Crippen LogP contribution in [-0.4, -0.2) is 34.6 Å². The maximum Gasteiger partial charge on any atom is 0.223 e. The van der Waals surface area contributed by atoms with Gasteiger partial charge in [0.05, 0.1) is 25.0 Å². The number of β-amino-alcohol motifs (C(OH)–C–C–N with tert-alkyl or cyclic N) is 1. The van der Waals surface area contributed by atoms with Crippen molar-refractivity contribution in [1.82, 2.24) is 4.90 Å². The summed E-state index contributed by atoms with van der Waals surface area (Å²) < 4.78 is 5.14. The predicted molar refractivity (Wildman–Crippen MR) is 54.2 cm³/mol. The number of carbonyl (C=O) groups excluding carboxylic acids is 1. The van der Waals surface area contributed by atoms with Gasteiger partial charge >= 0.3 is 0 Å². The van der Waals surface area contributed by atoms with Gasteiger partial charge in [0.15, 0.2) is 0 Å². The molecule has 0 aliphatic carbocycles. The van der Waals surface area contributed by atoms with Crippen LogP contribution in [0, 0.1) is 0 Å². The molecule has 1 aromatic heterocycles. The monoisotopic (exact) mass is 209 g/mol. The lowest BCUT2D eigenvalue weighted by molar-refractivity contribution is -0.152. The van der Waals surface area contributed by atoms with Gasteiger partial charge in [0.25, 0.3) is 0 Å². The van der Waals surface area contributed by atoms with E-state index in [-0.39, 0.29) is 5.91 Å². The van der Waals surface area contributed by atoms with Crippen molar-refractivity contribution in [1.29, 1.82) is 0 Å². The molecule has 0 spiro atoms. The molecule has 0 bridgehead atoms. The molecule has 2 rings (SSSR count). The first-order valence-electron chi connectivity index (χ1n) is 5.09. The average molecular weight is 209 g/mol. The van der Waals surface area contributed by atoms with Gasteiger partial charge in [-0.1, -0.05) is 0 Å². The lowest BCUT2D eigenvalue weighted by Crippen LogP contribution is -2.61. The zero-order valence-electron chi connectivity index (χ0n) is 8.77. The zero-order chi connectivity index (χ0) is 10.9. The van der Waals surface area contributed by atoms with E-state index < -0.39 is 5.60 Å². The maximum absolute atomic E-state index is 11.6. The summed E-state index contributed by atoms with van der Waals surface area (Å²) in [5.74, 6) is 0.911. The minimum atomic E-state index is -0.680. The van der Waals surface area contributed by atoms with Gasteiger partial charge < -0.3 is 14.4 Å². The van der Waals surface area contributed by atoms with Crippen LogP contribution in [0.2, 0.25) is 0 Å². The smallest absolute Gasteiger partial charge is 0.223 e. The Hall–Kier alpha value is -1.29. The highest BCUT2D eigenvalue weighted by Crippen LogP contribution is 2.20. The molecule has 2 heterocycles. The van der Waals surface area contributed by atoms with Crippen LogP contribution in [0.5, 0.6) is 0 Å². The number of nitrogens with zero attached hydrogens (tertiary/aromatic N) is 1. The number of aliphatic hydroxyl groups is 1. The quantitative estimate of drug-likeness (QED) is 0.801. The molecule has 0 saturated carbocycles. The second-order valence-electron chi connectivity index (χ2n) is 4.33. The van der Waals surface area contributed by atoms with Gasteiger partial charge in [0, 0.05) is 12.8 Å². The van der Waals surface area contributed by atoms with Gasteiger partial charge in [-0.25, -0.2) is 0 Å². The van der Waals surface area contributed by atoms with Gasteiger partial charge in [-0.15, -0.1) is 0 Å². The number of aryl methyl sites for hydroxylation is 1. The molecule has 0 unspecified atom stereocenters. The van der Waals surface area contributed by atoms with E-state index in [0.717, 1.165) is 5.76 Å². The molecular weight excluding hydrogens is 194 g/mol. The van der Waals surface area contributed by atoms with E-state index in [1.54, 1.807) is 18.1 Å². The summed E-state index contributed by atoms with van der Waals surface area (Å²) in [6.45, 7) is 2.64. The summed E-state index contributed by atoms with van der Waals surface area (Å²) in [4.78, 5) is 13.3. The van der Waals surface area contributed by atoms with E-state index in [1.807, 2.05) is 12.1 Å². The molecule has 4 nitrogen and oxygen atoms in total. The highest BCUT2D eigenvalue weighted by atomic mass is 16.3. The molecule has 1 aromatic rings. The highest BCUT2D eigenvalue weighted by Gasteiger charge is 2.38. The van der Waals surface area contributed by atoms with Crippen molar-refractivity contribution in [3.63, 3.8) is 0 Å². The van der Waals surface area contributed by atoms with Crippen LogP contribution in [-0.2, 0) is 11.2 Å². The summed E-state index contributed by atoms with van der Waals surface area (Å²) in [7, 11) is 0. The lowest BCUT2D eigenvalue weighted by Gasteiger charge is -2.44. The molecule has 0 radical (unpaired) electrons. The van der Waals surface area contributed by atoms with Crippen LogP contribution < -0.4 is 0 Å². The molecule has 1 fully saturated rings. The molecule has 4 heteroatoms. The number of amides is 1. The number of carbonyl (C=O) groups is 1. The Balaban J connectivity index is 1.75. The Morgan fingerprint density at radius 3 is 2.93 bits per heavy atom. The SMILES string of the molecule is CC1(O)CN(C(=O)CCc2ccco2)C1. The van der Waals surface area contributed by atoms with Crippen molar-refractivity contribution in [3.05, 3.63) is 24.2 Å². The fraction of sp³-hybridized carbons (Fsp3) is 0.545. The van der Waals surface area contributed by atoms with E-state index in [9.17, 15) is 9.90 Å². The van der Waals surface area contributed by atoms with Gasteiger partial charge in [-0.3, -0.25) is 4.79 Å². The molecule has 82 valence electrons. The summed E-state index contributed by atoms with van der Waals surface area (Å²) in [6, 6.07) is 3.67. The van der Waals surface area contributed by atoms with Gasteiger partial charge in [0.1, 0.15) is 5.76 Å². The number of likely N-dealkylation sites (tertiary alicyclic amines) is 1. The molecule has 1 aliphatic rings. The van der Waals surface area contributed by atoms with E-state index in [0.29, 0.717) is 25.9 Å². The standard InChI is InChI=1S/C11H15NO3/c1-11(14)7-12(8-11)10(13)5-4-9-3-2-6-15-9/h2-3,6,14H,4-5,7-8H2,1H3.